The van der Waals surface area contributed by atoms with Gasteiger partial charge in [0, 0.05) is 18.4 Å². The number of alkyl halides is 1. The molecule has 1 fully saturated rings. The van der Waals surface area contributed by atoms with Gasteiger partial charge in [-0.15, -0.1) is 0 Å². The summed E-state index contributed by atoms with van der Waals surface area (Å²) in [5, 5.41) is 0.941. The van der Waals surface area contributed by atoms with Gasteiger partial charge in [0.25, 0.3) is 0 Å². The van der Waals surface area contributed by atoms with Crippen LogP contribution in [0.25, 0.3) is 0 Å². The van der Waals surface area contributed by atoms with Gasteiger partial charge in [-0.05, 0) is 26.8 Å². The zero-order chi connectivity index (χ0) is 9.90. The van der Waals surface area contributed by atoms with Gasteiger partial charge >= 0.3 is 0 Å². The Hall–Kier alpha value is 0.400. The summed E-state index contributed by atoms with van der Waals surface area (Å²) in [6.07, 6.45) is 1.58. The minimum atomic E-state index is 0.0197. The van der Waals surface area contributed by atoms with Crippen molar-refractivity contribution in [2.24, 2.45) is 0 Å². The van der Waals surface area contributed by atoms with Crippen LogP contribution in [0.4, 0.5) is 0 Å². The second-order valence-electron chi connectivity index (χ2n) is 4.39. The lowest BCUT2D eigenvalue weighted by Crippen LogP contribution is -2.53. The second kappa shape index (κ2) is 4.76. The van der Waals surface area contributed by atoms with Crippen LogP contribution in [0.3, 0.4) is 0 Å². The third kappa shape index (κ3) is 3.56. The average Bonchev–Trinajstić information content (AvgIpc) is 2.02. The van der Waals surface area contributed by atoms with Crippen molar-refractivity contribution < 1.29 is 4.74 Å². The molecule has 1 aliphatic rings. The van der Waals surface area contributed by atoms with Gasteiger partial charge in [-0.25, -0.2) is 0 Å². The highest BCUT2D eigenvalue weighted by Gasteiger charge is 2.32. The number of hydrogen-bond donors (Lipinski definition) is 0. The summed E-state index contributed by atoms with van der Waals surface area (Å²) < 4.78 is 5.91. The average molecular weight is 250 g/mol. The second-order valence-corrected chi connectivity index (χ2v) is 5.04. The van der Waals surface area contributed by atoms with E-state index in [0.29, 0.717) is 6.10 Å². The predicted molar refractivity (Wildman–Crippen MR) is 59.5 cm³/mol. The maximum Gasteiger partial charge on any atom is 0.0806 e. The molecule has 1 aliphatic heterocycles. The van der Waals surface area contributed by atoms with Gasteiger partial charge in [-0.2, -0.15) is 0 Å². The number of ether oxygens (including phenoxy) is 1. The van der Waals surface area contributed by atoms with Crippen LogP contribution in [0.5, 0.6) is 0 Å². The molecule has 1 heterocycles. The van der Waals surface area contributed by atoms with Crippen molar-refractivity contribution in [1.29, 1.82) is 0 Å². The molecule has 0 spiro atoms. The Labute approximate surface area is 89.8 Å². The summed E-state index contributed by atoms with van der Waals surface area (Å²) >= 11 is 3.49. The molecule has 13 heavy (non-hydrogen) atoms. The maximum absolute atomic E-state index is 5.91. The topological polar surface area (TPSA) is 12.5 Å². The normalized spacial score (nSPS) is 29.1. The number of halogens is 1. The lowest BCUT2D eigenvalue weighted by molar-refractivity contribution is -0.126. The Morgan fingerprint density at radius 1 is 1.54 bits per heavy atom. The Morgan fingerprint density at radius 3 is 2.77 bits per heavy atom. The molecule has 1 rings (SSSR count). The highest BCUT2D eigenvalue weighted by molar-refractivity contribution is 9.09. The molecule has 0 aromatic rings. The summed E-state index contributed by atoms with van der Waals surface area (Å²) in [7, 11) is 0. The summed E-state index contributed by atoms with van der Waals surface area (Å²) in [6, 6.07) is 0. The number of nitrogens with zero attached hydrogens (tertiary/aromatic N) is 1. The fraction of sp³-hybridized carbons (Fsp3) is 1.00. The van der Waals surface area contributed by atoms with Gasteiger partial charge in [-0.3, -0.25) is 4.90 Å². The highest BCUT2D eigenvalue weighted by Crippen LogP contribution is 2.21. The SMILES string of the molecule is CCCN1CC(CBr)OC(C)(C)C1. The maximum atomic E-state index is 5.91. The predicted octanol–water partition coefficient (Wildman–Crippen LogP) is 2.27. The Kier molecular flexibility index (Phi) is 4.20. The fourth-order valence-electron chi connectivity index (χ4n) is 1.98. The molecule has 2 nitrogen and oxygen atoms in total. The van der Waals surface area contributed by atoms with Crippen molar-refractivity contribution in [1.82, 2.24) is 4.90 Å². The van der Waals surface area contributed by atoms with Crippen molar-refractivity contribution in [3.05, 3.63) is 0 Å². The van der Waals surface area contributed by atoms with E-state index in [1.165, 1.54) is 13.0 Å². The minimum absolute atomic E-state index is 0.0197. The molecule has 1 atom stereocenters. The summed E-state index contributed by atoms with van der Waals surface area (Å²) in [5.41, 5.74) is 0.0197. The van der Waals surface area contributed by atoms with Crippen LogP contribution in [-0.2, 0) is 4.74 Å². The first kappa shape index (κ1) is 11.5. The van der Waals surface area contributed by atoms with Crippen molar-refractivity contribution in [3.8, 4) is 0 Å². The van der Waals surface area contributed by atoms with Crippen LogP contribution in [0, 0.1) is 0 Å². The first-order chi connectivity index (χ1) is 6.07. The summed E-state index contributed by atoms with van der Waals surface area (Å²) in [6.45, 7) is 9.89. The van der Waals surface area contributed by atoms with Crippen LogP contribution in [0.15, 0.2) is 0 Å². The Balaban J connectivity index is 2.49. The molecular weight excluding hydrogens is 230 g/mol. The standard InChI is InChI=1S/C10H20BrNO/c1-4-5-12-7-9(6-11)13-10(2,3)8-12/h9H,4-8H2,1-3H3. The molecule has 0 bridgehead atoms. The van der Waals surface area contributed by atoms with Crippen LogP contribution in [-0.4, -0.2) is 41.6 Å². The van der Waals surface area contributed by atoms with E-state index in [1.807, 2.05) is 0 Å². The monoisotopic (exact) mass is 249 g/mol. The minimum Gasteiger partial charge on any atom is -0.369 e. The molecule has 0 aromatic carbocycles. The highest BCUT2D eigenvalue weighted by atomic mass is 79.9. The van der Waals surface area contributed by atoms with Gasteiger partial charge < -0.3 is 4.74 Å². The Bertz CT molecular complexity index is 161. The summed E-state index contributed by atoms with van der Waals surface area (Å²) in [4.78, 5) is 2.50. The van der Waals surface area contributed by atoms with Crippen molar-refractivity contribution in [2.45, 2.75) is 38.9 Å². The smallest absolute Gasteiger partial charge is 0.0806 e. The van der Waals surface area contributed by atoms with Crippen LogP contribution < -0.4 is 0 Å². The molecule has 0 amide bonds. The lowest BCUT2D eigenvalue weighted by Gasteiger charge is -2.42. The van der Waals surface area contributed by atoms with Crippen molar-refractivity contribution in [3.63, 3.8) is 0 Å². The first-order valence-corrected chi connectivity index (χ1v) is 6.15. The molecule has 0 N–H and O–H groups in total. The van der Waals surface area contributed by atoms with Crippen molar-refractivity contribution >= 4 is 15.9 Å². The molecular formula is C10H20BrNO. The quantitative estimate of drug-likeness (QED) is 0.712. The van der Waals surface area contributed by atoms with Gasteiger partial charge in [0.05, 0.1) is 11.7 Å². The van der Waals surface area contributed by atoms with Gasteiger partial charge in [0.1, 0.15) is 0 Å². The summed E-state index contributed by atoms with van der Waals surface area (Å²) in [5.74, 6) is 0. The zero-order valence-electron chi connectivity index (χ0n) is 8.85. The van der Waals surface area contributed by atoms with Crippen LogP contribution >= 0.6 is 15.9 Å². The molecule has 0 radical (unpaired) electrons. The van der Waals surface area contributed by atoms with E-state index in [4.69, 9.17) is 4.74 Å². The third-order valence-electron chi connectivity index (χ3n) is 2.26. The van der Waals surface area contributed by atoms with Crippen LogP contribution in [0.1, 0.15) is 27.2 Å². The number of hydrogen-bond acceptors (Lipinski definition) is 2. The van der Waals surface area contributed by atoms with E-state index in [9.17, 15) is 0 Å². The number of rotatable bonds is 3. The Morgan fingerprint density at radius 2 is 2.23 bits per heavy atom. The van der Waals surface area contributed by atoms with Crippen LogP contribution in [0.2, 0.25) is 0 Å². The lowest BCUT2D eigenvalue weighted by atomic mass is 10.1. The van der Waals surface area contributed by atoms with E-state index in [-0.39, 0.29) is 5.60 Å². The van der Waals surface area contributed by atoms with E-state index in [2.05, 4.69) is 41.6 Å². The third-order valence-corrected chi connectivity index (χ3v) is 2.99. The molecule has 3 heteroatoms. The first-order valence-electron chi connectivity index (χ1n) is 5.03. The molecule has 0 aromatic heterocycles. The van der Waals surface area contributed by atoms with E-state index in [1.54, 1.807) is 0 Å². The van der Waals surface area contributed by atoms with E-state index >= 15 is 0 Å². The van der Waals surface area contributed by atoms with E-state index < -0.39 is 0 Å². The largest absolute Gasteiger partial charge is 0.369 e. The molecule has 1 saturated heterocycles. The molecule has 1 unspecified atom stereocenters. The van der Waals surface area contributed by atoms with Crippen molar-refractivity contribution in [2.75, 3.05) is 25.0 Å². The molecule has 0 saturated carbocycles. The zero-order valence-corrected chi connectivity index (χ0v) is 10.4. The van der Waals surface area contributed by atoms with Gasteiger partial charge in [-0.1, -0.05) is 22.9 Å². The van der Waals surface area contributed by atoms with Gasteiger partial charge in [0.2, 0.25) is 0 Å². The fourth-order valence-corrected chi connectivity index (χ4v) is 2.32. The molecule has 0 aliphatic carbocycles. The van der Waals surface area contributed by atoms with E-state index in [0.717, 1.165) is 18.4 Å². The van der Waals surface area contributed by atoms with Gasteiger partial charge in [0.15, 0.2) is 0 Å². The number of morpholine rings is 1. The molecule has 78 valence electrons.